The number of amides is 1. The van der Waals surface area contributed by atoms with Gasteiger partial charge in [0.1, 0.15) is 12.1 Å². The summed E-state index contributed by atoms with van der Waals surface area (Å²) in [6.45, 7) is 0. The molecule has 17 heavy (non-hydrogen) atoms. The third-order valence-corrected chi connectivity index (χ3v) is 2.57. The number of hydrogen-bond donors (Lipinski definition) is 1. The van der Waals surface area contributed by atoms with E-state index < -0.39 is 0 Å². The molecule has 1 aromatic heterocycles. The SMILES string of the molecule is N#CCC(=O)Nc1ccc(-c2csnn2)cc1. The van der Waals surface area contributed by atoms with Gasteiger partial charge in [0, 0.05) is 16.6 Å². The van der Waals surface area contributed by atoms with Crippen molar-refractivity contribution in [2.24, 2.45) is 0 Å². The Kier molecular flexibility index (Phi) is 3.43. The highest BCUT2D eigenvalue weighted by Crippen LogP contribution is 2.19. The zero-order chi connectivity index (χ0) is 12.1. The highest BCUT2D eigenvalue weighted by Gasteiger charge is 2.03. The maximum Gasteiger partial charge on any atom is 0.238 e. The summed E-state index contributed by atoms with van der Waals surface area (Å²) in [7, 11) is 0. The minimum atomic E-state index is -0.310. The fourth-order valence-corrected chi connectivity index (χ4v) is 1.76. The number of nitriles is 1. The van der Waals surface area contributed by atoms with Crippen molar-refractivity contribution in [3.8, 4) is 17.3 Å². The van der Waals surface area contributed by atoms with E-state index in [0.717, 1.165) is 11.3 Å². The molecule has 0 aliphatic carbocycles. The number of aromatic nitrogens is 2. The maximum atomic E-state index is 11.2. The van der Waals surface area contributed by atoms with Gasteiger partial charge in [-0.25, -0.2) is 0 Å². The van der Waals surface area contributed by atoms with E-state index in [1.54, 1.807) is 18.2 Å². The van der Waals surface area contributed by atoms with Gasteiger partial charge in [0.05, 0.1) is 6.07 Å². The molecular weight excluding hydrogens is 236 g/mol. The average Bonchev–Trinajstić information content (AvgIpc) is 2.84. The van der Waals surface area contributed by atoms with Crippen LogP contribution >= 0.6 is 11.5 Å². The van der Waals surface area contributed by atoms with Gasteiger partial charge < -0.3 is 5.32 Å². The summed E-state index contributed by atoms with van der Waals surface area (Å²) in [6.07, 6.45) is -0.141. The van der Waals surface area contributed by atoms with Gasteiger partial charge in [0.15, 0.2) is 0 Å². The van der Waals surface area contributed by atoms with E-state index in [-0.39, 0.29) is 12.3 Å². The van der Waals surface area contributed by atoms with Crippen molar-refractivity contribution in [2.45, 2.75) is 6.42 Å². The Morgan fingerprint density at radius 2 is 2.18 bits per heavy atom. The van der Waals surface area contributed by atoms with E-state index in [2.05, 4.69) is 14.9 Å². The van der Waals surface area contributed by atoms with Gasteiger partial charge >= 0.3 is 0 Å². The largest absolute Gasteiger partial charge is 0.325 e. The topological polar surface area (TPSA) is 78.7 Å². The maximum absolute atomic E-state index is 11.2. The number of carbonyl (C=O) groups excluding carboxylic acids is 1. The van der Waals surface area contributed by atoms with Gasteiger partial charge in [0.25, 0.3) is 0 Å². The molecule has 1 amide bonds. The molecule has 0 bridgehead atoms. The Morgan fingerprint density at radius 1 is 1.41 bits per heavy atom. The fraction of sp³-hybridized carbons (Fsp3) is 0.0909. The van der Waals surface area contributed by atoms with Gasteiger partial charge in [0.2, 0.25) is 5.91 Å². The summed E-state index contributed by atoms with van der Waals surface area (Å²) in [6, 6.07) is 9.02. The number of anilines is 1. The van der Waals surface area contributed by atoms with Crippen molar-refractivity contribution < 1.29 is 4.79 Å². The van der Waals surface area contributed by atoms with Crippen LogP contribution in [0.25, 0.3) is 11.3 Å². The summed E-state index contributed by atoms with van der Waals surface area (Å²) in [4.78, 5) is 11.2. The number of nitrogens with zero attached hydrogens (tertiary/aromatic N) is 3. The van der Waals surface area contributed by atoms with Crippen molar-refractivity contribution in [2.75, 3.05) is 5.32 Å². The van der Waals surface area contributed by atoms with E-state index in [0.29, 0.717) is 5.69 Å². The molecule has 0 saturated heterocycles. The highest BCUT2D eigenvalue weighted by molar-refractivity contribution is 7.03. The Morgan fingerprint density at radius 3 is 2.76 bits per heavy atom. The van der Waals surface area contributed by atoms with Gasteiger partial charge in [-0.2, -0.15) is 5.26 Å². The van der Waals surface area contributed by atoms with Crippen LogP contribution < -0.4 is 5.32 Å². The molecule has 0 aliphatic heterocycles. The number of nitrogens with one attached hydrogen (secondary N) is 1. The zero-order valence-corrected chi connectivity index (χ0v) is 9.57. The minimum absolute atomic E-state index is 0.141. The molecule has 0 spiro atoms. The van der Waals surface area contributed by atoms with Crippen LogP contribution in [0.3, 0.4) is 0 Å². The van der Waals surface area contributed by atoms with E-state index in [1.165, 1.54) is 11.5 Å². The van der Waals surface area contributed by atoms with Crippen LogP contribution in [0.1, 0.15) is 6.42 Å². The van der Waals surface area contributed by atoms with E-state index in [1.807, 2.05) is 17.5 Å². The average molecular weight is 244 g/mol. The normalized spacial score (nSPS) is 9.59. The Balaban J connectivity index is 2.09. The second-order valence-corrected chi connectivity index (χ2v) is 3.86. The standard InChI is InChI=1S/C11H8N4OS/c12-6-5-11(16)13-9-3-1-8(2-4-9)10-7-17-15-14-10/h1-4,7H,5H2,(H,13,16). The lowest BCUT2D eigenvalue weighted by molar-refractivity contribution is -0.115. The lowest BCUT2D eigenvalue weighted by Gasteiger charge is -2.03. The van der Waals surface area contributed by atoms with Gasteiger partial charge in [-0.3, -0.25) is 4.79 Å². The molecule has 2 rings (SSSR count). The molecule has 0 saturated carbocycles. The van der Waals surface area contributed by atoms with Crippen molar-refractivity contribution in [1.82, 2.24) is 9.59 Å². The summed E-state index contributed by atoms with van der Waals surface area (Å²) in [5.74, 6) is -0.310. The van der Waals surface area contributed by atoms with Crippen molar-refractivity contribution in [3.63, 3.8) is 0 Å². The molecule has 0 atom stereocenters. The zero-order valence-electron chi connectivity index (χ0n) is 8.75. The molecular formula is C11H8N4OS. The third kappa shape index (κ3) is 2.86. The number of hydrogen-bond acceptors (Lipinski definition) is 5. The first-order valence-corrected chi connectivity index (χ1v) is 5.67. The molecule has 0 fully saturated rings. The summed E-state index contributed by atoms with van der Waals surface area (Å²) >= 11 is 1.29. The smallest absolute Gasteiger partial charge is 0.238 e. The van der Waals surface area contributed by atoms with Crippen molar-refractivity contribution >= 4 is 23.1 Å². The number of rotatable bonds is 3. The first-order valence-electron chi connectivity index (χ1n) is 4.84. The molecule has 5 nitrogen and oxygen atoms in total. The summed E-state index contributed by atoms with van der Waals surface area (Å²) < 4.78 is 3.78. The van der Waals surface area contributed by atoms with E-state index in [4.69, 9.17) is 5.26 Å². The van der Waals surface area contributed by atoms with E-state index >= 15 is 0 Å². The van der Waals surface area contributed by atoms with Crippen LogP contribution in [0.5, 0.6) is 0 Å². The number of carbonyl (C=O) groups is 1. The third-order valence-electron chi connectivity index (χ3n) is 2.06. The van der Waals surface area contributed by atoms with Crippen LogP contribution in [-0.4, -0.2) is 15.5 Å². The Labute approximate surface area is 102 Å². The molecule has 0 aliphatic rings. The number of benzene rings is 1. The van der Waals surface area contributed by atoms with Crippen LogP contribution in [0.4, 0.5) is 5.69 Å². The van der Waals surface area contributed by atoms with Crippen molar-refractivity contribution in [3.05, 3.63) is 29.6 Å². The highest BCUT2D eigenvalue weighted by atomic mass is 32.1. The quantitative estimate of drug-likeness (QED) is 0.896. The van der Waals surface area contributed by atoms with Gasteiger partial charge in [-0.05, 0) is 23.7 Å². The predicted molar refractivity (Wildman–Crippen MR) is 64.2 cm³/mol. The molecule has 1 aromatic carbocycles. The summed E-state index contributed by atoms with van der Waals surface area (Å²) in [5.41, 5.74) is 2.42. The van der Waals surface area contributed by atoms with Crippen LogP contribution in [0, 0.1) is 11.3 Å². The molecule has 0 radical (unpaired) electrons. The molecule has 0 unspecified atom stereocenters. The first-order chi connectivity index (χ1) is 8.29. The van der Waals surface area contributed by atoms with Crippen LogP contribution in [-0.2, 0) is 4.79 Å². The second-order valence-electron chi connectivity index (χ2n) is 3.25. The minimum Gasteiger partial charge on any atom is -0.325 e. The monoisotopic (exact) mass is 244 g/mol. The lowest BCUT2D eigenvalue weighted by Crippen LogP contribution is -2.09. The Hall–Kier alpha value is -2.26. The van der Waals surface area contributed by atoms with Gasteiger partial charge in [-0.15, -0.1) is 5.10 Å². The van der Waals surface area contributed by atoms with Gasteiger partial charge in [-0.1, -0.05) is 16.6 Å². The van der Waals surface area contributed by atoms with Crippen molar-refractivity contribution in [1.29, 1.82) is 5.26 Å². The second kappa shape index (κ2) is 5.18. The molecule has 2 aromatic rings. The summed E-state index contributed by atoms with van der Waals surface area (Å²) in [5, 5.41) is 16.8. The molecule has 84 valence electrons. The van der Waals surface area contributed by atoms with E-state index in [9.17, 15) is 4.79 Å². The first kappa shape index (κ1) is 11.2. The van der Waals surface area contributed by atoms with Crippen LogP contribution in [0.2, 0.25) is 0 Å². The Bertz CT molecular complexity index is 542. The predicted octanol–water partition coefficient (Wildman–Crippen LogP) is 2.06. The molecule has 6 heteroatoms. The lowest BCUT2D eigenvalue weighted by atomic mass is 10.1. The van der Waals surface area contributed by atoms with Crippen LogP contribution in [0.15, 0.2) is 29.6 Å². The molecule has 1 heterocycles. The fourth-order valence-electron chi connectivity index (χ4n) is 1.29. The molecule has 1 N–H and O–H groups in total.